The molecule has 0 saturated carbocycles. The predicted octanol–water partition coefficient (Wildman–Crippen LogP) is 3.14. The Kier molecular flexibility index (Phi) is 12.3. The van der Waals surface area contributed by atoms with Crippen LogP contribution in [-0.2, 0) is 19.1 Å². The van der Waals surface area contributed by atoms with Crippen molar-refractivity contribution in [2.75, 3.05) is 0 Å². The third-order valence-electron chi connectivity index (χ3n) is 5.65. The second-order valence-electron chi connectivity index (χ2n) is 9.15. The van der Waals surface area contributed by atoms with E-state index in [-0.39, 0.29) is 17.7 Å². The van der Waals surface area contributed by atoms with Gasteiger partial charge in [-0.25, -0.2) is 9.79 Å². The van der Waals surface area contributed by atoms with Gasteiger partial charge in [0, 0.05) is 23.5 Å². The average molecular weight is 549 g/mol. The van der Waals surface area contributed by atoms with Crippen LogP contribution < -0.4 is 11.1 Å². The first-order valence-electron chi connectivity index (χ1n) is 12.6. The Balaban J connectivity index is 1.88. The van der Waals surface area contributed by atoms with Crippen LogP contribution in [0.25, 0.3) is 6.08 Å². The van der Waals surface area contributed by atoms with Gasteiger partial charge >= 0.3 is 5.97 Å². The first kappa shape index (κ1) is 31.5. The van der Waals surface area contributed by atoms with Gasteiger partial charge in [-0.05, 0) is 45.9 Å². The van der Waals surface area contributed by atoms with Crippen molar-refractivity contribution in [1.82, 2.24) is 10.3 Å². The Morgan fingerprint density at radius 3 is 2.45 bits per heavy atom. The number of nitrogens with zero attached hydrogens (tertiary/aromatic N) is 1. The molecule has 1 aromatic heterocycles. The fourth-order valence-electron chi connectivity index (χ4n) is 3.50. The van der Waals surface area contributed by atoms with Gasteiger partial charge in [0.05, 0.1) is 0 Å². The zero-order chi connectivity index (χ0) is 29.7. The van der Waals surface area contributed by atoms with Crippen molar-refractivity contribution < 1.29 is 29.3 Å². The Bertz CT molecular complexity index is 1300. The quantitative estimate of drug-likeness (QED) is 0.187. The molecular formula is C30H36N4O6. The highest BCUT2D eigenvalue weighted by Gasteiger charge is 2.32. The maximum Gasteiger partial charge on any atom is 0.329 e. The average Bonchev–Trinajstić information content (AvgIpc) is 3.53. The zero-order valence-corrected chi connectivity index (χ0v) is 22.9. The molecule has 1 aromatic rings. The lowest BCUT2D eigenvalue weighted by molar-refractivity contribution is -0.148. The van der Waals surface area contributed by atoms with E-state index in [1.165, 1.54) is 13.0 Å². The third kappa shape index (κ3) is 10.6. The summed E-state index contributed by atoms with van der Waals surface area (Å²) < 4.78 is 5.84. The summed E-state index contributed by atoms with van der Waals surface area (Å²) in [5, 5.41) is 20.7. The van der Waals surface area contributed by atoms with E-state index in [4.69, 9.17) is 15.6 Å². The van der Waals surface area contributed by atoms with E-state index in [2.05, 4.69) is 27.4 Å². The first-order chi connectivity index (χ1) is 19.0. The van der Waals surface area contributed by atoms with Crippen molar-refractivity contribution in [3.8, 4) is 0 Å². The van der Waals surface area contributed by atoms with E-state index in [0.717, 1.165) is 16.8 Å². The zero-order valence-electron chi connectivity index (χ0n) is 22.9. The summed E-state index contributed by atoms with van der Waals surface area (Å²) in [6.45, 7) is 7.47. The number of carboxylic acid groups (broad SMARTS) is 1. The molecule has 10 nitrogen and oxygen atoms in total. The van der Waals surface area contributed by atoms with Gasteiger partial charge in [0.2, 0.25) is 17.7 Å². The van der Waals surface area contributed by atoms with E-state index in [9.17, 15) is 19.5 Å². The van der Waals surface area contributed by atoms with Gasteiger partial charge in [0.1, 0.15) is 12.1 Å². The highest BCUT2D eigenvalue weighted by atomic mass is 16.5. The van der Waals surface area contributed by atoms with Crippen molar-refractivity contribution >= 4 is 29.8 Å². The molecule has 0 aromatic carbocycles. The number of aliphatic hydroxyl groups is 1. The number of ether oxygens (including phenoxy) is 1. The van der Waals surface area contributed by atoms with E-state index in [1.54, 1.807) is 18.2 Å². The standard InChI is InChI=1S/C30H36N4O6/c1-19(17-20(2)18-24-22(4)40-25(33-24)15-14-23-13-10-16-32-23)11-8-6-5-7-9-12-21(3)29(37)34-26(30(38)39)27(35)28(31)36/h5-18,22,24,26-27,32,35H,1-4H3,(H2,31,36)(H,34,37)(H,38,39). The molecule has 4 atom stereocenters. The van der Waals surface area contributed by atoms with Crippen LogP contribution in [0.15, 0.2) is 101 Å². The third-order valence-corrected chi connectivity index (χ3v) is 5.65. The number of carboxylic acids is 1. The lowest BCUT2D eigenvalue weighted by atomic mass is 10.1. The fourth-order valence-corrected chi connectivity index (χ4v) is 3.50. The molecule has 2 heterocycles. The number of amides is 2. The van der Waals surface area contributed by atoms with Crippen LogP contribution in [0.1, 0.15) is 33.4 Å². The number of aliphatic imine (C=N–C) groups is 1. The van der Waals surface area contributed by atoms with Crippen molar-refractivity contribution in [3.05, 3.63) is 102 Å². The number of allylic oxidation sites excluding steroid dienone is 10. The molecule has 0 saturated heterocycles. The second kappa shape index (κ2) is 15.6. The predicted molar refractivity (Wildman–Crippen MR) is 155 cm³/mol. The molecule has 2 amide bonds. The lowest BCUT2D eigenvalue weighted by Crippen LogP contribution is -2.53. The smallest absolute Gasteiger partial charge is 0.329 e. The number of nitrogens with two attached hydrogens (primary N) is 1. The van der Waals surface area contributed by atoms with Gasteiger partial charge < -0.3 is 31.0 Å². The van der Waals surface area contributed by atoms with Crippen molar-refractivity contribution in [1.29, 1.82) is 0 Å². The summed E-state index contributed by atoms with van der Waals surface area (Å²) in [7, 11) is 0. The van der Waals surface area contributed by atoms with E-state index in [1.807, 2.05) is 69.5 Å². The van der Waals surface area contributed by atoms with E-state index in [0.29, 0.717) is 5.90 Å². The molecule has 10 heteroatoms. The van der Waals surface area contributed by atoms with Gasteiger partial charge in [0.25, 0.3) is 0 Å². The van der Waals surface area contributed by atoms with Gasteiger partial charge in [-0.1, -0.05) is 65.8 Å². The number of aliphatic hydroxyl groups excluding tert-OH is 1. The molecule has 4 unspecified atom stereocenters. The fraction of sp³-hybridized carbons (Fsp3) is 0.267. The first-order valence-corrected chi connectivity index (χ1v) is 12.6. The molecule has 0 radical (unpaired) electrons. The van der Waals surface area contributed by atoms with Gasteiger partial charge in [-0.2, -0.15) is 0 Å². The number of aliphatic carboxylic acids is 1. The number of hydrogen-bond acceptors (Lipinski definition) is 6. The van der Waals surface area contributed by atoms with Crippen LogP contribution in [0.5, 0.6) is 0 Å². The largest absolute Gasteiger partial charge is 0.480 e. The highest BCUT2D eigenvalue weighted by Crippen LogP contribution is 2.18. The second-order valence-corrected chi connectivity index (χ2v) is 9.15. The normalized spacial score (nSPS) is 20.3. The maximum atomic E-state index is 12.1. The molecule has 212 valence electrons. The molecule has 2 rings (SSSR count). The number of aromatic nitrogens is 1. The lowest BCUT2D eigenvalue weighted by Gasteiger charge is -2.17. The van der Waals surface area contributed by atoms with Crippen molar-refractivity contribution in [2.24, 2.45) is 10.7 Å². The summed E-state index contributed by atoms with van der Waals surface area (Å²) in [5.74, 6) is -2.97. The number of nitrogens with one attached hydrogen (secondary N) is 2. The minimum Gasteiger partial charge on any atom is -0.480 e. The number of aromatic amines is 1. The van der Waals surface area contributed by atoms with E-state index >= 15 is 0 Å². The Labute approximate surface area is 233 Å². The SMILES string of the molecule is CC(C=CC=CC=CC=C(C)C(=O)NC(C(=O)O)C(O)C(N)=O)=CC(C)=CC1N=C(C=Cc2ccc[nH]2)OC1C. The van der Waals surface area contributed by atoms with E-state index < -0.39 is 29.9 Å². The maximum absolute atomic E-state index is 12.1. The summed E-state index contributed by atoms with van der Waals surface area (Å²) in [4.78, 5) is 42.1. The summed E-state index contributed by atoms with van der Waals surface area (Å²) in [6, 6.07) is 1.99. The molecule has 1 aliphatic rings. The number of carbonyl (C=O) groups is 3. The van der Waals surface area contributed by atoms with Gasteiger partial charge in [0.15, 0.2) is 12.1 Å². The monoisotopic (exact) mass is 548 g/mol. The van der Waals surface area contributed by atoms with Crippen molar-refractivity contribution in [3.63, 3.8) is 0 Å². The highest BCUT2D eigenvalue weighted by molar-refractivity contribution is 5.97. The van der Waals surface area contributed by atoms with Crippen LogP contribution in [0.4, 0.5) is 0 Å². The molecule has 0 aliphatic carbocycles. The van der Waals surface area contributed by atoms with Crippen LogP contribution in [0.3, 0.4) is 0 Å². The van der Waals surface area contributed by atoms with Crippen molar-refractivity contribution in [2.45, 2.75) is 52.0 Å². The summed E-state index contributed by atoms with van der Waals surface area (Å²) in [6.07, 6.45) is 19.8. The van der Waals surface area contributed by atoms with Gasteiger partial charge in [-0.3, -0.25) is 9.59 Å². The molecule has 0 bridgehead atoms. The minimum atomic E-state index is -2.04. The molecule has 40 heavy (non-hydrogen) atoms. The molecule has 0 spiro atoms. The van der Waals surface area contributed by atoms with Crippen LogP contribution >= 0.6 is 0 Å². The minimum absolute atomic E-state index is 0.0543. The number of rotatable bonds is 13. The Morgan fingerprint density at radius 2 is 1.80 bits per heavy atom. The molecule has 6 N–H and O–H groups in total. The summed E-state index contributed by atoms with van der Waals surface area (Å²) in [5.41, 5.74) is 8.18. The number of carbonyl (C=O) groups excluding carboxylic acids is 2. The Morgan fingerprint density at radius 1 is 1.10 bits per heavy atom. The van der Waals surface area contributed by atoms with Crippen LogP contribution in [-0.4, -0.2) is 63.2 Å². The van der Waals surface area contributed by atoms with Crippen LogP contribution in [0, 0.1) is 0 Å². The molecular weight excluding hydrogens is 512 g/mol. The number of H-pyrrole nitrogens is 1. The topological polar surface area (TPSA) is 167 Å². The summed E-state index contributed by atoms with van der Waals surface area (Å²) >= 11 is 0. The van der Waals surface area contributed by atoms with Gasteiger partial charge in [-0.15, -0.1) is 0 Å². The molecule has 0 fully saturated rings. The van der Waals surface area contributed by atoms with Crippen LogP contribution in [0.2, 0.25) is 0 Å². The number of primary amides is 1. The number of hydrogen-bond donors (Lipinski definition) is 5. The molecule has 1 aliphatic heterocycles. The Hall–Kier alpha value is -4.70.